The first-order valence-corrected chi connectivity index (χ1v) is 24.4. The Morgan fingerprint density at radius 1 is 0.768 bits per heavy atom. The van der Waals surface area contributed by atoms with Crippen LogP contribution in [0.5, 0.6) is 5.75 Å². The van der Waals surface area contributed by atoms with Gasteiger partial charge in [-0.25, -0.2) is 9.59 Å². The summed E-state index contributed by atoms with van der Waals surface area (Å²) >= 11 is 0. The number of rotatable bonds is 15. The zero-order valence-electron chi connectivity index (χ0n) is 40.0. The predicted molar refractivity (Wildman–Crippen MR) is 266 cm³/mol. The summed E-state index contributed by atoms with van der Waals surface area (Å²) < 4.78 is 32.0. The summed E-state index contributed by atoms with van der Waals surface area (Å²) in [6.07, 6.45) is 3.38. The zero-order chi connectivity index (χ0) is 48.3. The van der Waals surface area contributed by atoms with Gasteiger partial charge in [0, 0.05) is 42.6 Å². The minimum Gasteiger partial charge on any atom is -0.483 e. The Hall–Kier alpha value is -6.33. The van der Waals surface area contributed by atoms with E-state index in [1.807, 2.05) is 31.2 Å². The van der Waals surface area contributed by atoms with Gasteiger partial charge in [0.2, 0.25) is 0 Å². The maximum absolute atomic E-state index is 14.9. The molecule has 1 aromatic heterocycles. The molecule has 360 valence electrons. The molecule has 2 bridgehead atoms. The van der Waals surface area contributed by atoms with Gasteiger partial charge in [-0.15, -0.1) is 0 Å². The van der Waals surface area contributed by atoms with Crippen molar-refractivity contribution in [3.63, 3.8) is 0 Å². The van der Waals surface area contributed by atoms with Gasteiger partial charge in [-0.2, -0.15) is 0 Å². The minimum absolute atomic E-state index is 0.0665. The van der Waals surface area contributed by atoms with Crippen LogP contribution < -0.4 is 10.4 Å². The molecule has 6 aromatic rings. The zero-order valence-corrected chi connectivity index (χ0v) is 40.0. The number of ether oxygens (including phenoxy) is 4. The molecule has 3 aliphatic heterocycles. The Kier molecular flexibility index (Phi) is 16.3. The number of carbonyl (C=O) groups is 2. The topological polar surface area (TPSA) is 142 Å². The van der Waals surface area contributed by atoms with Gasteiger partial charge < -0.3 is 33.6 Å². The molecule has 0 fully saturated rings. The van der Waals surface area contributed by atoms with Crippen LogP contribution in [-0.2, 0) is 55.9 Å². The fourth-order valence-electron chi connectivity index (χ4n) is 10.1. The molecule has 3 aliphatic rings. The lowest BCUT2D eigenvalue weighted by Gasteiger charge is -2.45. The van der Waals surface area contributed by atoms with Gasteiger partial charge in [-0.1, -0.05) is 109 Å². The summed E-state index contributed by atoms with van der Waals surface area (Å²) in [6.45, 7) is 3.28. The highest BCUT2D eigenvalue weighted by atomic mass is 16.6. The fourth-order valence-corrected chi connectivity index (χ4v) is 10.1. The second-order valence-electron chi connectivity index (χ2n) is 19.1. The summed E-state index contributed by atoms with van der Waals surface area (Å²) in [6, 6.07) is 42.8. The lowest BCUT2D eigenvalue weighted by atomic mass is 9.82. The van der Waals surface area contributed by atoms with E-state index in [0.29, 0.717) is 78.4 Å². The number of carbonyl (C=O) groups excluding carboxylic acids is 2. The summed E-state index contributed by atoms with van der Waals surface area (Å²) in [5.74, 6) is -1.36. The Labute approximate surface area is 404 Å². The highest BCUT2D eigenvalue weighted by Crippen LogP contribution is 2.49. The minimum atomic E-state index is -1.26. The molecule has 2 N–H and O–H groups in total. The monoisotopic (exact) mass is 932 g/mol. The molecule has 0 saturated carbocycles. The van der Waals surface area contributed by atoms with Crippen molar-refractivity contribution in [2.24, 2.45) is 5.92 Å². The van der Waals surface area contributed by atoms with Crippen molar-refractivity contribution in [1.29, 1.82) is 0 Å². The normalized spacial score (nSPS) is 20.9. The number of methoxy groups -OCH3 is 1. The number of aryl methyl sites for hydroxylation is 3. The molecule has 5 atom stereocenters. The third-order valence-electron chi connectivity index (χ3n) is 13.9. The third kappa shape index (κ3) is 12.1. The van der Waals surface area contributed by atoms with Gasteiger partial charge in [-0.3, -0.25) is 4.79 Å². The van der Waals surface area contributed by atoms with E-state index in [4.69, 9.17) is 23.4 Å². The summed E-state index contributed by atoms with van der Waals surface area (Å²) in [7, 11) is 1.54. The number of hydrogen-bond donors (Lipinski definition) is 2. The van der Waals surface area contributed by atoms with Crippen molar-refractivity contribution in [2.75, 3.05) is 26.9 Å². The van der Waals surface area contributed by atoms with Crippen molar-refractivity contribution in [3.05, 3.63) is 193 Å². The Morgan fingerprint density at radius 3 is 2.20 bits per heavy atom. The number of hydrogen-bond acceptors (Lipinski definition) is 10. The quantitative estimate of drug-likeness (QED) is 0.0581. The Bertz CT molecular complexity index is 2770. The smallest absolute Gasteiger partial charge is 0.339 e. The van der Waals surface area contributed by atoms with E-state index in [2.05, 4.69) is 84.9 Å². The van der Waals surface area contributed by atoms with Crippen LogP contribution in [0.4, 0.5) is 0 Å². The number of aliphatic hydroxyl groups excluding tert-OH is 2. The summed E-state index contributed by atoms with van der Waals surface area (Å²) in [5.41, 5.74) is 6.61. The fraction of sp³-hybridized carbons (Fsp3) is 0.373. The molecule has 10 nitrogen and oxygen atoms in total. The van der Waals surface area contributed by atoms with E-state index in [0.717, 1.165) is 29.5 Å². The molecule has 0 radical (unpaired) electrons. The largest absolute Gasteiger partial charge is 0.483 e. The van der Waals surface area contributed by atoms with Crippen LogP contribution in [0.25, 0.3) is 11.0 Å². The van der Waals surface area contributed by atoms with Gasteiger partial charge in [0.1, 0.15) is 16.9 Å². The van der Waals surface area contributed by atoms with Gasteiger partial charge in [0.25, 0.3) is 0 Å². The van der Waals surface area contributed by atoms with Crippen molar-refractivity contribution >= 4 is 22.9 Å². The second-order valence-corrected chi connectivity index (χ2v) is 19.1. The second kappa shape index (κ2) is 22.9. The van der Waals surface area contributed by atoms with Crippen LogP contribution in [0.1, 0.15) is 109 Å². The first-order valence-electron chi connectivity index (χ1n) is 24.4. The molecule has 4 heterocycles. The SMILES string of the molecule is COC[C@@H](CCO)c1cc2ccc3c(c2oc1=O)[C@H]1OC(=O)C[C@H](CCc2cccc(Cc4ccccc4)c2)Cc2ccc(cc2)CC/C(=C(\C)CO)C(=O)O[C@@H]1[C@](C)(CCCc1ccccc1)O3. The standard InChI is InChI=1S/C59H64O10/c1-39(37-61)49-27-25-41-19-21-44(22-20-41)34-46(24-23-43-16-10-17-45(33-43)32-42-14-8-5-9-15-42)35-52(62)66-55-53-51(28-26-47-36-50(58(64)67-54(47)53)48(29-31-60)38-65-3)69-59(2,56(55)68-57(49)63)30-11-18-40-12-6-4-7-13-40/h4-10,12-17,19-22,26,28,33,36,46,48,55-56,60-61H,11,18,23-25,27,29-32,34-35,37-38H2,1-3H3/b49-39-/t46-,48-,55-,56+,59+/m1/s1. The van der Waals surface area contributed by atoms with Crippen molar-refractivity contribution in [1.82, 2.24) is 0 Å². The van der Waals surface area contributed by atoms with Crippen molar-refractivity contribution in [3.8, 4) is 5.75 Å². The highest BCUT2D eigenvalue weighted by Gasteiger charge is 2.53. The number of benzene rings is 5. The summed E-state index contributed by atoms with van der Waals surface area (Å²) in [4.78, 5) is 43.7. The van der Waals surface area contributed by atoms with Crippen LogP contribution in [0.3, 0.4) is 0 Å². The van der Waals surface area contributed by atoms with E-state index in [9.17, 15) is 24.6 Å². The van der Waals surface area contributed by atoms with E-state index in [-0.39, 0.29) is 44.2 Å². The Morgan fingerprint density at radius 2 is 1.48 bits per heavy atom. The van der Waals surface area contributed by atoms with E-state index < -0.39 is 41.3 Å². The molecule has 0 spiro atoms. The van der Waals surface area contributed by atoms with Crippen LogP contribution >= 0.6 is 0 Å². The average molecular weight is 933 g/mol. The van der Waals surface area contributed by atoms with Crippen LogP contribution in [-0.4, -0.2) is 60.8 Å². The predicted octanol–water partition coefficient (Wildman–Crippen LogP) is 10.3. The van der Waals surface area contributed by atoms with Crippen LogP contribution in [0.15, 0.2) is 148 Å². The molecule has 69 heavy (non-hydrogen) atoms. The molecule has 9 rings (SSSR count). The molecule has 0 unspecified atom stereocenters. The van der Waals surface area contributed by atoms with Crippen LogP contribution in [0.2, 0.25) is 0 Å². The molecule has 0 saturated heterocycles. The van der Waals surface area contributed by atoms with E-state index in [1.165, 1.54) is 23.8 Å². The van der Waals surface area contributed by atoms with Crippen LogP contribution in [0, 0.1) is 5.92 Å². The number of aliphatic hydroxyl groups is 2. The third-order valence-corrected chi connectivity index (χ3v) is 13.9. The maximum atomic E-state index is 14.9. The van der Waals surface area contributed by atoms with Gasteiger partial charge in [0.05, 0.1) is 18.8 Å². The van der Waals surface area contributed by atoms with Crippen molar-refractivity contribution < 1.29 is 43.2 Å². The molecule has 10 heteroatoms. The molecular weight excluding hydrogens is 869 g/mol. The molecule has 0 aliphatic carbocycles. The maximum Gasteiger partial charge on any atom is 0.339 e. The first kappa shape index (κ1) is 49.1. The first-order chi connectivity index (χ1) is 33.5. The van der Waals surface area contributed by atoms with Crippen molar-refractivity contribution in [2.45, 2.75) is 108 Å². The average Bonchev–Trinajstić information content (AvgIpc) is 3.35. The highest BCUT2D eigenvalue weighted by molar-refractivity contribution is 5.90. The lowest BCUT2D eigenvalue weighted by molar-refractivity contribution is -0.192. The van der Waals surface area contributed by atoms with Gasteiger partial charge in [0.15, 0.2) is 12.2 Å². The van der Waals surface area contributed by atoms with Gasteiger partial charge >= 0.3 is 17.6 Å². The van der Waals surface area contributed by atoms with E-state index >= 15 is 0 Å². The number of fused-ring (bicyclic) bond motifs is 13. The number of esters is 2. The molecule has 5 aromatic carbocycles. The molecular formula is C59H64O10. The summed E-state index contributed by atoms with van der Waals surface area (Å²) in [5, 5.41) is 20.8. The van der Waals surface area contributed by atoms with Gasteiger partial charge in [-0.05, 0) is 141 Å². The lowest BCUT2D eigenvalue weighted by Crippen LogP contribution is -2.54. The molecule has 0 amide bonds. The Balaban J connectivity index is 1.21. The van der Waals surface area contributed by atoms with E-state index in [1.54, 1.807) is 25.1 Å².